The van der Waals surface area contributed by atoms with Crippen LogP contribution in [0, 0.1) is 0 Å². The van der Waals surface area contributed by atoms with Crippen molar-refractivity contribution >= 4 is 22.0 Å². The summed E-state index contributed by atoms with van der Waals surface area (Å²) in [6, 6.07) is -0.937. The minimum atomic E-state index is -3.99. The molecule has 74 valence electrons. The zero-order valence-corrected chi connectivity index (χ0v) is 7.67. The van der Waals surface area contributed by atoms with E-state index in [-0.39, 0.29) is 0 Å². The molecule has 3 N–H and O–H groups in total. The molecule has 0 radical (unpaired) electrons. The second kappa shape index (κ2) is 3.05. The molecule has 1 aliphatic rings. The van der Waals surface area contributed by atoms with Crippen LogP contribution in [0.4, 0.5) is 0 Å². The predicted octanol–water partition coefficient (Wildman–Crippen LogP) is -2.46. The summed E-state index contributed by atoms with van der Waals surface area (Å²) in [6.07, 6.45) is 0. The Balaban J connectivity index is 2.97. The van der Waals surface area contributed by atoms with E-state index in [4.69, 9.17) is 5.14 Å². The Labute approximate surface area is 75.1 Å². The molecule has 1 atom stereocenters. The molecule has 0 aromatic carbocycles. The highest BCUT2D eigenvalue weighted by Crippen LogP contribution is 2.06. The van der Waals surface area contributed by atoms with Crippen LogP contribution in [-0.2, 0) is 19.8 Å². The van der Waals surface area contributed by atoms with Gasteiger partial charge in [-0.25, -0.2) is 5.14 Å². The number of carbonyl (C=O) groups is 2. The molecule has 1 saturated heterocycles. The van der Waals surface area contributed by atoms with Gasteiger partial charge in [0.15, 0.2) is 0 Å². The van der Waals surface area contributed by atoms with Crippen LogP contribution in [0.15, 0.2) is 0 Å². The summed E-state index contributed by atoms with van der Waals surface area (Å²) in [4.78, 5) is 21.8. The Morgan fingerprint density at radius 1 is 1.54 bits per heavy atom. The highest BCUT2D eigenvalue weighted by atomic mass is 32.2. The van der Waals surface area contributed by atoms with Crippen LogP contribution >= 0.6 is 0 Å². The lowest BCUT2D eigenvalue weighted by Gasteiger charge is -2.28. The highest BCUT2D eigenvalue weighted by molar-refractivity contribution is 7.86. The molecule has 1 heterocycles. The third-order valence-corrected chi connectivity index (χ3v) is 2.80. The molecule has 7 nitrogen and oxygen atoms in total. The van der Waals surface area contributed by atoms with Crippen LogP contribution in [0.2, 0.25) is 0 Å². The lowest BCUT2D eigenvalue weighted by atomic mass is 10.2. The van der Waals surface area contributed by atoms with E-state index in [2.05, 4.69) is 0 Å². The fourth-order valence-electron chi connectivity index (χ4n) is 1.00. The van der Waals surface area contributed by atoms with Crippen molar-refractivity contribution in [2.45, 2.75) is 13.0 Å². The predicted molar refractivity (Wildman–Crippen MR) is 42.4 cm³/mol. The van der Waals surface area contributed by atoms with Crippen LogP contribution in [-0.4, -0.2) is 37.1 Å². The molecule has 0 aromatic rings. The number of piperazine rings is 1. The molecular weight excluding hydrogens is 198 g/mol. The monoisotopic (exact) mass is 207 g/mol. The maximum absolute atomic E-state index is 11.0. The molecule has 0 saturated carbocycles. The quantitative estimate of drug-likeness (QED) is 0.464. The first kappa shape index (κ1) is 10.1. The second-order valence-electron chi connectivity index (χ2n) is 2.68. The van der Waals surface area contributed by atoms with Crippen molar-refractivity contribution in [1.29, 1.82) is 0 Å². The van der Waals surface area contributed by atoms with Crippen molar-refractivity contribution in [1.82, 2.24) is 9.62 Å². The molecule has 13 heavy (non-hydrogen) atoms. The van der Waals surface area contributed by atoms with Gasteiger partial charge in [0.1, 0.15) is 6.04 Å². The zero-order valence-electron chi connectivity index (χ0n) is 6.85. The number of nitrogens with one attached hydrogen (secondary N) is 1. The third kappa shape index (κ3) is 2.02. The Hall–Kier alpha value is -0.990. The van der Waals surface area contributed by atoms with Crippen LogP contribution in [0.25, 0.3) is 0 Å². The summed E-state index contributed by atoms with van der Waals surface area (Å²) in [5.41, 5.74) is 0. The van der Waals surface area contributed by atoms with Crippen LogP contribution < -0.4 is 10.5 Å². The first-order chi connectivity index (χ1) is 5.82. The average molecular weight is 207 g/mol. The van der Waals surface area contributed by atoms with Crippen LogP contribution in [0.3, 0.4) is 0 Å². The average Bonchev–Trinajstić information content (AvgIpc) is 1.94. The molecule has 0 aromatic heterocycles. The number of nitrogens with two attached hydrogens (primary N) is 1. The summed E-state index contributed by atoms with van der Waals surface area (Å²) in [5.74, 6) is -1.33. The summed E-state index contributed by atoms with van der Waals surface area (Å²) in [7, 11) is -3.99. The SMILES string of the molecule is CC1C(=O)NC(=O)CN1S(N)(=O)=O. The third-order valence-electron chi connectivity index (χ3n) is 1.70. The molecule has 8 heteroatoms. The van der Waals surface area contributed by atoms with Crippen LogP contribution in [0.5, 0.6) is 0 Å². The van der Waals surface area contributed by atoms with Gasteiger partial charge in [0.25, 0.3) is 10.2 Å². The second-order valence-corrected chi connectivity index (χ2v) is 4.18. The zero-order chi connectivity index (χ0) is 10.2. The molecule has 2 amide bonds. The Morgan fingerprint density at radius 3 is 2.54 bits per heavy atom. The lowest BCUT2D eigenvalue weighted by Crippen LogP contribution is -2.59. The summed E-state index contributed by atoms with van der Waals surface area (Å²) >= 11 is 0. The molecule has 1 unspecified atom stereocenters. The minimum Gasteiger partial charge on any atom is -0.294 e. The number of hydrogen-bond donors (Lipinski definition) is 2. The van der Waals surface area contributed by atoms with Crippen molar-refractivity contribution < 1.29 is 18.0 Å². The number of hydrogen-bond acceptors (Lipinski definition) is 4. The Morgan fingerprint density at radius 2 is 2.08 bits per heavy atom. The Bertz CT molecular complexity index is 349. The van der Waals surface area contributed by atoms with Gasteiger partial charge in [0.2, 0.25) is 11.8 Å². The van der Waals surface area contributed by atoms with E-state index in [0.717, 1.165) is 0 Å². The van der Waals surface area contributed by atoms with Crippen molar-refractivity contribution in [3.8, 4) is 0 Å². The van der Waals surface area contributed by atoms with E-state index in [9.17, 15) is 18.0 Å². The van der Waals surface area contributed by atoms with Crippen molar-refractivity contribution in [3.05, 3.63) is 0 Å². The maximum atomic E-state index is 11.0. The van der Waals surface area contributed by atoms with Gasteiger partial charge in [0, 0.05) is 0 Å². The molecule has 1 aliphatic heterocycles. The molecule has 1 fully saturated rings. The number of carbonyl (C=O) groups excluding carboxylic acids is 2. The maximum Gasteiger partial charge on any atom is 0.278 e. The van der Waals surface area contributed by atoms with Gasteiger partial charge in [-0.1, -0.05) is 0 Å². The number of rotatable bonds is 1. The van der Waals surface area contributed by atoms with Gasteiger partial charge >= 0.3 is 0 Å². The van der Waals surface area contributed by atoms with Gasteiger partial charge < -0.3 is 0 Å². The largest absolute Gasteiger partial charge is 0.294 e. The van der Waals surface area contributed by atoms with E-state index >= 15 is 0 Å². The number of nitrogens with zero attached hydrogens (tertiary/aromatic N) is 1. The molecule has 1 rings (SSSR count). The Kier molecular flexibility index (Phi) is 2.37. The number of amides is 2. The molecule has 0 bridgehead atoms. The smallest absolute Gasteiger partial charge is 0.278 e. The van der Waals surface area contributed by atoms with Crippen molar-refractivity contribution in [3.63, 3.8) is 0 Å². The first-order valence-electron chi connectivity index (χ1n) is 3.45. The van der Waals surface area contributed by atoms with Crippen molar-refractivity contribution in [2.75, 3.05) is 6.54 Å². The van der Waals surface area contributed by atoms with E-state index < -0.39 is 34.6 Å². The van der Waals surface area contributed by atoms with E-state index in [1.807, 2.05) is 5.32 Å². The molecule has 0 spiro atoms. The van der Waals surface area contributed by atoms with Gasteiger partial charge in [-0.2, -0.15) is 12.7 Å². The fourth-order valence-corrected chi connectivity index (χ4v) is 1.83. The van der Waals surface area contributed by atoms with Gasteiger partial charge in [0.05, 0.1) is 6.54 Å². The molecular formula is C5H9N3O4S. The summed E-state index contributed by atoms with van der Waals surface area (Å²) in [5, 5.41) is 6.78. The topological polar surface area (TPSA) is 110 Å². The fraction of sp³-hybridized carbons (Fsp3) is 0.600. The van der Waals surface area contributed by atoms with Crippen molar-refractivity contribution in [2.24, 2.45) is 5.14 Å². The van der Waals surface area contributed by atoms with E-state index in [1.54, 1.807) is 0 Å². The van der Waals surface area contributed by atoms with Crippen LogP contribution in [0.1, 0.15) is 6.92 Å². The van der Waals surface area contributed by atoms with Gasteiger partial charge in [-0.05, 0) is 6.92 Å². The lowest BCUT2D eigenvalue weighted by molar-refractivity contribution is -0.136. The van der Waals surface area contributed by atoms with Gasteiger partial charge in [-0.3, -0.25) is 14.9 Å². The standard InChI is InChI=1S/C5H9N3O4S/c1-3-5(10)7-4(9)2-8(3)13(6,11)12/h3H,2H2,1H3,(H2,6,11,12)(H,7,9,10). The van der Waals surface area contributed by atoms with Gasteiger partial charge in [-0.15, -0.1) is 0 Å². The van der Waals surface area contributed by atoms with E-state index in [1.165, 1.54) is 6.92 Å². The molecule has 0 aliphatic carbocycles. The summed E-state index contributed by atoms with van der Waals surface area (Å²) < 4.78 is 22.4. The van der Waals surface area contributed by atoms with E-state index in [0.29, 0.717) is 4.31 Å². The minimum absolute atomic E-state index is 0.411. The highest BCUT2D eigenvalue weighted by Gasteiger charge is 2.36. The first-order valence-corrected chi connectivity index (χ1v) is 4.96. The normalized spacial score (nSPS) is 25.8. The summed E-state index contributed by atoms with van der Waals surface area (Å²) in [6.45, 7) is 0.942. The number of imide groups is 1.